The third kappa shape index (κ3) is 5.18. The van der Waals surface area contributed by atoms with Gasteiger partial charge < -0.3 is 10.2 Å². The summed E-state index contributed by atoms with van der Waals surface area (Å²) >= 11 is 0. The van der Waals surface area contributed by atoms with Crippen LogP contribution in [0.4, 0.5) is 11.4 Å². The number of benzene rings is 3. The van der Waals surface area contributed by atoms with Gasteiger partial charge in [0, 0.05) is 41.9 Å². The zero-order valence-electron chi connectivity index (χ0n) is 20.8. The number of hydrogen-bond donors (Lipinski definition) is 1. The second kappa shape index (κ2) is 9.94. The lowest BCUT2D eigenvalue weighted by Crippen LogP contribution is -2.26. The van der Waals surface area contributed by atoms with Gasteiger partial charge in [-0.15, -0.1) is 0 Å². The molecule has 0 fully saturated rings. The molecular formula is C29H26N6O2. The van der Waals surface area contributed by atoms with Gasteiger partial charge in [0.2, 0.25) is 0 Å². The number of amides is 2. The fourth-order valence-electron chi connectivity index (χ4n) is 3.94. The molecule has 184 valence electrons. The first kappa shape index (κ1) is 23.7. The number of carbonyl (C=O) groups is 2. The number of hydrogen-bond acceptors (Lipinski definition) is 4. The molecule has 8 heteroatoms. The van der Waals surface area contributed by atoms with E-state index in [4.69, 9.17) is 0 Å². The summed E-state index contributed by atoms with van der Waals surface area (Å²) in [6.07, 6.45) is 7.42. The van der Waals surface area contributed by atoms with Gasteiger partial charge in [0.05, 0.1) is 23.8 Å². The van der Waals surface area contributed by atoms with Crippen LogP contribution in [0.5, 0.6) is 0 Å². The Labute approximate surface area is 214 Å². The maximum atomic E-state index is 13.1. The van der Waals surface area contributed by atoms with Crippen molar-refractivity contribution >= 4 is 23.2 Å². The summed E-state index contributed by atoms with van der Waals surface area (Å²) < 4.78 is 3.53. The van der Waals surface area contributed by atoms with Crippen LogP contribution in [0.3, 0.4) is 0 Å². The van der Waals surface area contributed by atoms with Crippen molar-refractivity contribution in [1.29, 1.82) is 0 Å². The molecule has 37 heavy (non-hydrogen) atoms. The van der Waals surface area contributed by atoms with Gasteiger partial charge in [0.25, 0.3) is 11.8 Å². The van der Waals surface area contributed by atoms with Crippen LogP contribution in [-0.2, 0) is 0 Å². The molecule has 2 amide bonds. The molecule has 0 saturated heterocycles. The van der Waals surface area contributed by atoms with Crippen molar-refractivity contribution in [2.24, 2.45) is 0 Å². The van der Waals surface area contributed by atoms with E-state index in [1.807, 2.05) is 56.6 Å². The van der Waals surface area contributed by atoms with Crippen LogP contribution >= 0.6 is 0 Å². The maximum Gasteiger partial charge on any atom is 0.258 e. The van der Waals surface area contributed by atoms with Crippen LogP contribution in [0.1, 0.15) is 31.8 Å². The highest BCUT2D eigenvalue weighted by molar-refractivity contribution is 6.07. The van der Waals surface area contributed by atoms with Crippen LogP contribution in [0.15, 0.2) is 97.6 Å². The molecule has 5 rings (SSSR count). The van der Waals surface area contributed by atoms with Crippen LogP contribution in [0.25, 0.3) is 11.4 Å². The molecule has 2 aromatic heterocycles. The van der Waals surface area contributed by atoms with E-state index in [2.05, 4.69) is 15.5 Å². The Kier molecular flexibility index (Phi) is 6.38. The van der Waals surface area contributed by atoms with E-state index in [0.29, 0.717) is 22.5 Å². The van der Waals surface area contributed by atoms with Crippen molar-refractivity contribution in [3.8, 4) is 11.4 Å². The van der Waals surface area contributed by atoms with Crippen molar-refractivity contribution in [1.82, 2.24) is 19.6 Å². The second-order valence-corrected chi connectivity index (χ2v) is 8.89. The smallest absolute Gasteiger partial charge is 0.258 e. The Morgan fingerprint density at radius 3 is 1.81 bits per heavy atom. The van der Waals surface area contributed by atoms with Gasteiger partial charge in [-0.3, -0.25) is 9.59 Å². The highest BCUT2D eigenvalue weighted by Crippen LogP contribution is 2.22. The molecule has 0 radical (unpaired) electrons. The molecule has 2 heterocycles. The number of aromatic nitrogens is 4. The van der Waals surface area contributed by atoms with E-state index in [1.165, 1.54) is 0 Å². The summed E-state index contributed by atoms with van der Waals surface area (Å²) in [7, 11) is 1.71. The van der Waals surface area contributed by atoms with Crippen molar-refractivity contribution in [3.63, 3.8) is 0 Å². The topological polar surface area (TPSA) is 85.0 Å². The standard InChI is InChI=1S/C29H26N6O2/c1-20-16-30-34(18-20)25-11-7-22(8-12-25)28(36)32-24-5-4-6-27(15-24)33(3)29(37)23-9-13-26(14-10-23)35-19-21(2)17-31-35/h4-19H,1-3H3,(H,32,36). The number of rotatable bonds is 6. The summed E-state index contributed by atoms with van der Waals surface area (Å²) in [5, 5.41) is 11.5. The second-order valence-electron chi connectivity index (χ2n) is 8.89. The van der Waals surface area contributed by atoms with Gasteiger partial charge in [-0.25, -0.2) is 9.36 Å². The lowest BCUT2D eigenvalue weighted by atomic mass is 10.1. The summed E-state index contributed by atoms with van der Waals surface area (Å²) in [6.45, 7) is 3.95. The van der Waals surface area contributed by atoms with E-state index in [9.17, 15) is 9.59 Å². The minimum atomic E-state index is -0.237. The number of aryl methyl sites for hydroxylation is 2. The quantitative estimate of drug-likeness (QED) is 0.354. The third-order valence-corrected chi connectivity index (χ3v) is 5.99. The Bertz CT molecular complexity index is 1560. The highest BCUT2D eigenvalue weighted by Gasteiger charge is 2.15. The van der Waals surface area contributed by atoms with E-state index >= 15 is 0 Å². The number of nitrogens with one attached hydrogen (secondary N) is 1. The highest BCUT2D eigenvalue weighted by atomic mass is 16.2. The summed E-state index contributed by atoms with van der Waals surface area (Å²) in [5.74, 6) is -0.394. The molecule has 3 aromatic carbocycles. The minimum absolute atomic E-state index is 0.156. The molecule has 0 bridgehead atoms. The van der Waals surface area contributed by atoms with Crippen molar-refractivity contribution in [3.05, 3.63) is 120 Å². The molecule has 1 N–H and O–H groups in total. The largest absolute Gasteiger partial charge is 0.322 e. The molecule has 0 saturated carbocycles. The molecular weight excluding hydrogens is 464 g/mol. The van der Waals surface area contributed by atoms with E-state index in [1.54, 1.807) is 76.2 Å². The van der Waals surface area contributed by atoms with Crippen LogP contribution in [0.2, 0.25) is 0 Å². The first-order valence-corrected chi connectivity index (χ1v) is 11.8. The summed E-state index contributed by atoms with van der Waals surface area (Å²) in [5.41, 5.74) is 6.22. The lowest BCUT2D eigenvalue weighted by molar-refractivity contribution is 0.0991. The molecule has 0 atom stereocenters. The van der Waals surface area contributed by atoms with Gasteiger partial charge in [0.15, 0.2) is 0 Å². The summed E-state index contributed by atoms with van der Waals surface area (Å²) in [4.78, 5) is 27.5. The fraction of sp³-hybridized carbons (Fsp3) is 0.103. The zero-order valence-corrected chi connectivity index (χ0v) is 20.8. The Balaban J connectivity index is 1.26. The van der Waals surface area contributed by atoms with Crippen LogP contribution in [-0.4, -0.2) is 38.4 Å². The number of anilines is 2. The van der Waals surface area contributed by atoms with Crippen molar-refractivity contribution in [2.45, 2.75) is 13.8 Å². The molecule has 0 aliphatic heterocycles. The molecule has 0 spiro atoms. The first-order chi connectivity index (χ1) is 17.9. The molecule has 0 unspecified atom stereocenters. The maximum absolute atomic E-state index is 13.1. The van der Waals surface area contributed by atoms with Crippen LogP contribution in [0, 0.1) is 13.8 Å². The predicted octanol–water partition coefficient (Wildman–Crippen LogP) is 5.20. The monoisotopic (exact) mass is 490 g/mol. The Morgan fingerprint density at radius 1 is 0.757 bits per heavy atom. The van der Waals surface area contributed by atoms with Gasteiger partial charge in [-0.05, 0) is 91.7 Å². The summed E-state index contributed by atoms with van der Waals surface area (Å²) in [6, 6.07) is 21.7. The van der Waals surface area contributed by atoms with E-state index in [0.717, 1.165) is 22.5 Å². The van der Waals surface area contributed by atoms with Crippen molar-refractivity contribution in [2.75, 3.05) is 17.3 Å². The first-order valence-electron chi connectivity index (χ1n) is 11.8. The fourth-order valence-corrected chi connectivity index (χ4v) is 3.94. The lowest BCUT2D eigenvalue weighted by Gasteiger charge is -2.19. The SMILES string of the molecule is Cc1cnn(-c2ccc(C(=O)Nc3cccc(N(C)C(=O)c4ccc(-n5cc(C)cn5)cc4)c3)cc2)c1. The molecule has 8 nitrogen and oxygen atoms in total. The average molecular weight is 491 g/mol. The predicted molar refractivity (Wildman–Crippen MR) is 144 cm³/mol. The van der Waals surface area contributed by atoms with Gasteiger partial charge in [-0.1, -0.05) is 6.07 Å². The molecule has 0 aliphatic rings. The van der Waals surface area contributed by atoms with Gasteiger partial charge in [-0.2, -0.15) is 10.2 Å². The minimum Gasteiger partial charge on any atom is -0.322 e. The third-order valence-electron chi connectivity index (χ3n) is 5.99. The van der Waals surface area contributed by atoms with E-state index < -0.39 is 0 Å². The van der Waals surface area contributed by atoms with Crippen LogP contribution < -0.4 is 10.2 Å². The molecule has 0 aliphatic carbocycles. The van der Waals surface area contributed by atoms with Gasteiger partial charge >= 0.3 is 0 Å². The van der Waals surface area contributed by atoms with E-state index in [-0.39, 0.29) is 11.8 Å². The van der Waals surface area contributed by atoms with Gasteiger partial charge in [0.1, 0.15) is 0 Å². The normalized spacial score (nSPS) is 10.8. The average Bonchev–Trinajstić information content (AvgIpc) is 3.56. The number of nitrogens with zero attached hydrogens (tertiary/aromatic N) is 5. The number of carbonyl (C=O) groups excluding carboxylic acids is 2. The Hall–Kier alpha value is -4.98. The Morgan fingerprint density at radius 2 is 1.30 bits per heavy atom. The zero-order chi connectivity index (χ0) is 25.9. The molecule has 5 aromatic rings. The van der Waals surface area contributed by atoms with Crippen molar-refractivity contribution < 1.29 is 9.59 Å².